The van der Waals surface area contributed by atoms with Crippen LogP contribution in [-0.2, 0) is 23.1 Å². The van der Waals surface area contributed by atoms with Crippen molar-refractivity contribution in [2.24, 2.45) is 0 Å². The van der Waals surface area contributed by atoms with E-state index in [0.29, 0.717) is 12.2 Å². The van der Waals surface area contributed by atoms with Crippen LogP contribution in [0.1, 0.15) is 31.0 Å². The molecular formula is C14H18N4O2S. The maximum Gasteiger partial charge on any atom is 0.262 e. The van der Waals surface area contributed by atoms with Crippen LogP contribution in [-0.4, -0.2) is 18.2 Å². The predicted molar refractivity (Wildman–Crippen MR) is 80.4 cm³/mol. The lowest BCUT2D eigenvalue weighted by atomic mass is 10.1. The highest BCUT2D eigenvalue weighted by atomic mass is 32.2. The zero-order valence-corrected chi connectivity index (χ0v) is 12.8. The first-order valence-corrected chi connectivity index (χ1v) is 8.33. The van der Waals surface area contributed by atoms with Gasteiger partial charge in [0.2, 0.25) is 0 Å². The molecule has 6 nitrogen and oxygen atoms in total. The van der Waals surface area contributed by atoms with E-state index in [0.717, 1.165) is 17.7 Å². The van der Waals surface area contributed by atoms with E-state index in [-0.39, 0.29) is 10.9 Å². The van der Waals surface area contributed by atoms with E-state index in [9.17, 15) is 8.42 Å². The molecular weight excluding hydrogens is 288 g/mol. The first-order chi connectivity index (χ1) is 9.95. The molecule has 1 aliphatic heterocycles. The first-order valence-electron chi connectivity index (χ1n) is 6.85. The molecule has 21 heavy (non-hydrogen) atoms. The monoisotopic (exact) mass is 306 g/mol. The molecule has 7 heteroatoms. The molecule has 2 N–H and O–H groups in total. The summed E-state index contributed by atoms with van der Waals surface area (Å²) in [5.74, 6) is 0. The van der Waals surface area contributed by atoms with E-state index in [4.69, 9.17) is 0 Å². The van der Waals surface area contributed by atoms with Crippen molar-refractivity contribution in [1.29, 1.82) is 0 Å². The quantitative estimate of drug-likeness (QED) is 0.904. The second kappa shape index (κ2) is 5.16. The summed E-state index contributed by atoms with van der Waals surface area (Å²) in [5.41, 5.74) is 2.67. The van der Waals surface area contributed by atoms with Crippen molar-refractivity contribution in [1.82, 2.24) is 15.1 Å². The smallest absolute Gasteiger partial charge is 0.262 e. The van der Waals surface area contributed by atoms with Gasteiger partial charge in [-0.25, -0.2) is 8.42 Å². The lowest BCUT2D eigenvalue weighted by molar-refractivity contribution is 0.532. The first kappa shape index (κ1) is 14.1. The Bertz CT molecular complexity index is 765. The Morgan fingerprint density at radius 2 is 2.05 bits per heavy atom. The number of aromatic nitrogens is 2. The number of hydrogen-bond acceptors (Lipinski definition) is 4. The van der Waals surface area contributed by atoms with Crippen molar-refractivity contribution in [3.63, 3.8) is 0 Å². The summed E-state index contributed by atoms with van der Waals surface area (Å²) in [6.07, 6.45) is 3.21. The number of hydrogen-bond donors (Lipinski definition) is 2. The van der Waals surface area contributed by atoms with Crippen LogP contribution >= 0.6 is 0 Å². The Kier molecular flexibility index (Phi) is 3.46. The van der Waals surface area contributed by atoms with Gasteiger partial charge in [-0.3, -0.25) is 9.40 Å². The highest BCUT2D eigenvalue weighted by Gasteiger charge is 2.19. The average Bonchev–Trinajstić information content (AvgIpc) is 3.05. The van der Waals surface area contributed by atoms with Gasteiger partial charge in [0.05, 0.1) is 16.8 Å². The van der Waals surface area contributed by atoms with Gasteiger partial charge in [0.15, 0.2) is 0 Å². The molecule has 0 fully saturated rings. The van der Waals surface area contributed by atoms with E-state index >= 15 is 0 Å². The number of rotatable bonds is 4. The van der Waals surface area contributed by atoms with E-state index in [2.05, 4.69) is 15.1 Å². The van der Waals surface area contributed by atoms with E-state index in [1.54, 1.807) is 23.0 Å². The van der Waals surface area contributed by atoms with Gasteiger partial charge < -0.3 is 5.32 Å². The fraction of sp³-hybridized carbons (Fsp3) is 0.357. The van der Waals surface area contributed by atoms with Crippen LogP contribution in [0.15, 0.2) is 35.5 Å². The van der Waals surface area contributed by atoms with Crippen LogP contribution < -0.4 is 10.0 Å². The van der Waals surface area contributed by atoms with Gasteiger partial charge in [0.1, 0.15) is 0 Å². The Hall–Kier alpha value is -1.86. The molecule has 0 radical (unpaired) electrons. The lowest BCUT2D eigenvalue weighted by Crippen LogP contribution is -2.13. The van der Waals surface area contributed by atoms with Gasteiger partial charge in [-0.2, -0.15) is 5.10 Å². The Labute approximate surface area is 124 Å². The third-order valence-electron chi connectivity index (χ3n) is 3.50. The van der Waals surface area contributed by atoms with Gasteiger partial charge in [-0.1, -0.05) is 6.07 Å². The van der Waals surface area contributed by atoms with Crippen molar-refractivity contribution in [2.75, 3.05) is 4.72 Å². The number of nitrogens with one attached hydrogen (secondary N) is 2. The fourth-order valence-corrected chi connectivity index (χ4v) is 3.40. The van der Waals surface area contributed by atoms with Gasteiger partial charge in [-0.15, -0.1) is 0 Å². The number of anilines is 1. The Morgan fingerprint density at radius 3 is 2.76 bits per heavy atom. The van der Waals surface area contributed by atoms with E-state index in [1.807, 2.05) is 19.9 Å². The molecule has 0 atom stereocenters. The summed E-state index contributed by atoms with van der Waals surface area (Å²) in [7, 11) is -3.58. The highest BCUT2D eigenvalue weighted by molar-refractivity contribution is 7.92. The number of fused-ring (bicyclic) bond motifs is 1. The van der Waals surface area contributed by atoms with Gasteiger partial charge in [0.25, 0.3) is 10.0 Å². The summed E-state index contributed by atoms with van der Waals surface area (Å²) in [6, 6.07) is 5.42. The van der Waals surface area contributed by atoms with Crippen LogP contribution in [0.5, 0.6) is 0 Å². The van der Waals surface area contributed by atoms with Crippen molar-refractivity contribution in [3.05, 3.63) is 41.7 Å². The normalized spacial score (nSPS) is 14.4. The molecule has 0 bridgehead atoms. The average molecular weight is 306 g/mol. The maximum atomic E-state index is 12.4. The second-order valence-corrected chi connectivity index (χ2v) is 7.12. The minimum absolute atomic E-state index is 0.189. The molecule has 1 aromatic heterocycles. The molecule has 0 amide bonds. The lowest BCUT2D eigenvalue weighted by Gasteiger charge is -2.08. The molecule has 112 valence electrons. The topological polar surface area (TPSA) is 76.0 Å². The molecule has 1 aromatic carbocycles. The van der Waals surface area contributed by atoms with Crippen LogP contribution in [0.4, 0.5) is 5.69 Å². The number of nitrogens with zero attached hydrogens (tertiary/aromatic N) is 2. The van der Waals surface area contributed by atoms with Crippen LogP contribution in [0.25, 0.3) is 0 Å². The van der Waals surface area contributed by atoms with Crippen molar-refractivity contribution in [3.8, 4) is 0 Å². The van der Waals surface area contributed by atoms with Crippen LogP contribution in [0.2, 0.25) is 0 Å². The molecule has 0 aliphatic carbocycles. The van der Waals surface area contributed by atoms with Gasteiger partial charge in [0, 0.05) is 25.3 Å². The molecule has 0 saturated carbocycles. The Balaban J connectivity index is 1.86. The van der Waals surface area contributed by atoms with E-state index in [1.165, 1.54) is 6.20 Å². The van der Waals surface area contributed by atoms with Crippen LogP contribution in [0.3, 0.4) is 0 Å². The highest BCUT2D eigenvalue weighted by Crippen LogP contribution is 2.22. The van der Waals surface area contributed by atoms with Gasteiger partial charge >= 0.3 is 0 Å². The SMILES string of the molecule is CC(C)n1cc(NS(=O)(=O)c2ccc3c(c2)CNC3)cn1. The summed E-state index contributed by atoms with van der Waals surface area (Å²) in [4.78, 5) is 0.280. The largest absolute Gasteiger partial charge is 0.309 e. The van der Waals surface area contributed by atoms with E-state index < -0.39 is 10.0 Å². The van der Waals surface area contributed by atoms with Crippen LogP contribution in [0, 0.1) is 0 Å². The standard InChI is InChI=1S/C14H18N4O2S/c1-10(2)18-9-13(8-16-18)17-21(19,20)14-4-3-11-6-15-7-12(11)5-14/h3-5,8-10,15,17H,6-7H2,1-2H3. The summed E-state index contributed by atoms with van der Waals surface area (Å²) >= 11 is 0. The number of sulfonamides is 1. The summed E-state index contributed by atoms with van der Waals surface area (Å²) < 4.78 is 29.1. The zero-order chi connectivity index (χ0) is 15.0. The van der Waals surface area contributed by atoms with Crippen molar-refractivity contribution < 1.29 is 8.42 Å². The summed E-state index contributed by atoms with van der Waals surface area (Å²) in [5, 5.41) is 7.33. The molecule has 0 unspecified atom stereocenters. The molecule has 3 rings (SSSR count). The number of benzene rings is 1. The summed E-state index contributed by atoms with van der Waals surface area (Å²) in [6.45, 7) is 5.48. The maximum absolute atomic E-state index is 12.4. The molecule has 0 spiro atoms. The van der Waals surface area contributed by atoms with Crippen molar-refractivity contribution in [2.45, 2.75) is 37.9 Å². The third-order valence-corrected chi connectivity index (χ3v) is 4.88. The second-order valence-electron chi connectivity index (χ2n) is 5.44. The minimum Gasteiger partial charge on any atom is -0.309 e. The Morgan fingerprint density at radius 1 is 1.29 bits per heavy atom. The van der Waals surface area contributed by atoms with Crippen molar-refractivity contribution >= 4 is 15.7 Å². The minimum atomic E-state index is -3.58. The molecule has 2 aromatic rings. The predicted octanol–water partition coefficient (Wildman–Crippen LogP) is 1.87. The zero-order valence-electron chi connectivity index (χ0n) is 12.0. The van der Waals surface area contributed by atoms with Gasteiger partial charge in [-0.05, 0) is 37.1 Å². The fourth-order valence-electron chi connectivity index (χ4n) is 2.33. The molecule has 0 saturated heterocycles. The molecule has 1 aliphatic rings. The third kappa shape index (κ3) is 2.79. The molecule has 2 heterocycles.